The number of hydrogen-bond acceptors (Lipinski definition) is 3. The maximum absolute atomic E-state index is 11.9. The number of fused-ring (bicyclic) bond motifs is 1. The molecule has 3 rings (SSSR count). The van der Waals surface area contributed by atoms with Gasteiger partial charge in [-0.25, -0.2) is 0 Å². The third-order valence-corrected chi connectivity index (χ3v) is 3.45. The van der Waals surface area contributed by atoms with Crippen LogP contribution in [0.5, 0.6) is 11.5 Å². The highest BCUT2D eigenvalue weighted by atomic mass is 35.5. The third-order valence-electron chi connectivity index (χ3n) is 3.13. The number of rotatable bonds is 3. The summed E-state index contributed by atoms with van der Waals surface area (Å²) in [4.78, 5) is 11.9. The Labute approximate surface area is 133 Å². The fourth-order valence-electron chi connectivity index (χ4n) is 2.07. The standard InChI is InChI=1S/C17H14ClNO3/c18-13-3-1-2-4-14(13)19-17(20)8-6-12-5-7-15-16(11-12)22-10-9-21-15/h1-8,11H,9-10H2,(H,19,20)/b8-6+. The van der Waals surface area contributed by atoms with E-state index < -0.39 is 0 Å². The zero-order chi connectivity index (χ0) is 15.4. The van der Waals surface area contributed by atoms with Crippen molar-refractivity contribution < 1.29 is 14.3 Å². The van der Waals surface area contributed by atoms with Crippen molar-refractivity contribution in [3.63, 3.8) is 0 Å². The molecular weight excluding hydrogens is 302 g/mol. The monoisotopic (exact) mass is 315 g/mol. The largest absolute Gasteiger partial charge is 0.486 e. The molecular formula is C17H14ClNO3. The van der Waals surface area contributed by atoms with Crippen molar-refractivity contribution in [1.82, 2.24) is 0 Å². The molecule has 0 unspecified atom stereocenters. The number of hydrogen-bond donors (Lipinski definition) is 1. The van der Waals surface area contributed by atoms with Gasteiger partial charge >= 0.3 is 0 Å². The Bertz CT molecular complexity index is 728. The van der Waals surface area contributed by atoms with Gasteiger partial charge in [-0.3, -0.25) is 4.79 Å². The molecule has 1 aliphatic rings. The molecule has 0 saturated carbocycles. The Morgan fingerprint density at radius 1 is 1.09 bits per heavy atom. The van der Waals surface area contributed by atoms with E-state index in [1.807, 2.05) is 30.3 Å². The van der Waals surface area contributed by atoms with Gasteiger partial charge in [-0.1, -0.05) is 29.8 Å². The zero-order valence-corrected chi connectivity index (χ0v) is 12.5. The Morgan fingerprint density at radius 2 is 1.86 bits per heavy atom. The quantitative estimate of drug-likeness (QED) is 0.877. The van der Waals surface area contributed by atoms with E-state index in [1.165, 1.54) is 6.08 Å². The van der Waals surface area contributed by atoms with Gasteiger partial charge in [-0.15, -0.1) is 0 Å². The first kappa shape index (κ1) is 14.5. The fourth-order valence-corrected chi connectivity index (χ4v) is 2.26. The number of benzene rings is 2. The van der Waals surface area contributed by atoms with Crippen molar-refractivity contribution in [2.24, 2.45) is 0 Å². The van der Waals surface area contributed by atoms with E-state index in [0.29, 0.717) is 29.7 Å². The van der Waals surface area contributed by atoms with Gasteiger partial charge in [-0.05, 0) is 35.9 Å². The van der Waals surface area contributed by atoms with Crippen molar-refractivity contribution in [2.75, 3.05) is 18.5 Å². The molecule has 1 N–H and O–H groups in total. The molecule has 1 amide bonds. The maximum Gasteiger partial charge on any atom is 0.248 e. The normalized spacial score (nSPS) is 13.1. The average molecular weight is 316 g/mol. The molecule has 1 aliphatic heterocycles. The highest BCUT2D eigenvalue weighted by molar-refractivity contribution is 6.33. The summed E-state index contributed by atoms with van der Waals surface area (Å²) in [6, 6.07) is 12.6. The van der Waals surface area contributed by atoms with Crippen LogP contribution in [0.3, 0.4) is 0 Å². The summed E-state index contributed by atoms with van der Waals surface area (Å²) in [7, 11) is 0. The highest BCUT2D eigenvalue weighted by Gasteiger charge is 2.10. The number of carbonyl (C=O) groups excluding carboxylic acids is 1. The minimum atomic E-state index is -0.247. The topological polar surface area (TPSA) is 47.6 Å². The Kier molecular flexibility index (Phi) is 4.30. The number of nitrogens with one attached hydrogen (secondary N) is 1. The lowest BCUT2D eigenvalue weighted by atomic mass is 10.2. The minimum absolute atomic E-state index is 0.247. The zero-order valence-electron chi connectivity index (χ0n) is 11.7. The summed E-state index contributed by atoms with van der Waals surface area (Å²) in [5.74, 6) is 1.17. The van der Waals surface area contributed by atoms with Crippen molar-refractivity contribution >= 4 is 29.3 Å². The second kappa shape index (κ2) is 6.54. The van der Waals surface area contributed by atoms with Gasteiger partial charge in [0.05, 0.1) is 10.7 Å². The van der Waals surface area contributed by atoms with Crippen LogP contribution in [-0.2, 0) is 4.79 Å². The number of ether oxygens (including phenoxy) is 2. The van der Waals surface area contributed by atoms with Crippen molar-refractivity contribution in [3.05, 3.63) is 59.1 Å². The third kappa shape index (κ3) is 3.40. The van der Waals surface area contributed by atoms with Crippen LogP contribution in [-0.4, -0.2) is 19.1 Å². The first-order chi connectivity index (χ1) is 10.7. The molecule has 0 aromatic heterocycles. The second-order valence-corrected chi connectivity index (χ2v) is 5.11. The summed E-state index contributed by atoms with van der Waals surface area (Å²) >= 11 is 6.00. The second-order valence-electron chi connectivity index (χ2n) is 4.71. The Morgan fingerprint density at radius 3 is 2.68 bits per heavy atom. The molecule has 5 heteroatoms. The van der Waals surface area contributed by atoms with Crippen LogP contribution in [0.1, 0.15) is 5.56 Å². The molecule has 1 heterocycles. The summed E-state index contributed by atoms with van der Waals surface area (Å²) in [6.07, 6.45) is 3.17. The van der Waals surface area contributed by atoms with E-state index in [0.717, 1.165) is 11.3 Å². The highest BCUT2D eigenvalue weighted by Crippen LogP contribution is 2.31. The first-order valence-electron chi connectivity index (χ1n) is 6.85. The lowest BCUT2D eigenvalue weighted by molar-refractivity contribution is -0.111. The molecule has 0 radical (unpaired) electrons. The number of anilines is 1. The molecule has 4 nitrogen and oxygen atoms in total. The summed E-state index contributed by atoms with van der Waals surface area (Å²) in [5, 5.41) is 3.23. The predicted octanol–water partition coefficient (Wildman–Crippen LogP) is 3.76. The first-order valence-corrected chi connectivity index (χ1v) is 7.23. The van der Waals surface area contributed by atoms with Gasteiger partial charge in [0.2, 0.25) is 5.91 Å². The molecule has 0 saturated heterocycles. The molecule has 112 valence electrons. The van der Waals surface area contributed by atoms with Gasteiger partial charge in [0, 0.05) is 6.08 Å². The van der Waals surface area contributed by atoms with Crippen LogP contribution >= 0.6 is 11.6 Å². The smallest absolute Gasteiger partial charge is 0.248 e. The van der Waals surface area contributed by atoms with Gasteiger partial charge in [0.15, 0.2) is 11.5 Å². The van der Waals surface area contributed by atoms with Crippen molar-refractivity contribution in [1.29, 1.82) is 0 Å². The number of halogens is 1. The number of para-hydroxylation sites is 1. The molecule has 0 aliphatic carbocycles. The number of amides is 1. The Hall–Kier alpha value is -2.46. The SMILES string of the molecule is O=C(/C=C/c1ccc2c(c1)OCCO2)Nc1ccccc1Cl. The fraction of sp³-hybridized carbons (Fsp3) is 0.118. The molecule has 0 bridgehead atoms. The lowest BCUT2D eigenvalue weighted by Crippen LogP contribution is -2.15. The van der Waals surface area contributed by atoms with Crippen LogP contribution < -0.4 is 14.8 Å². The van der Waals surface area contributed by atoms with Crippen LogP contribution in [0.2, 0.25) is 5.02 Å². The summed E-state index contributed by atoms with van der Waals surface area (Å²) in [6.45, 7) is 1.09. The molecule has 0 atom stereocenters. The van der Waals surface area contributed by atoms with Crippen molar-refractivity contribution in [2.45, 2.75) is 0 Å². The minimum Gasteiger partial charge on any atom is -0.486 e. The molecule has 2 aromatic rings. The van der Waals surface area contributed by atoms with Crippen LogP contribution in [0, 0.1) is 0 Å². The van der Waals surface area contributed by atoms with E-state index in [-0.39, 0.29) is 5.91 Å². The maximum atomic E-state index is 11.9. The van der Waals surface area contributed by atoms with E-state index in [4.69, 9.17) is 21.1 Å². The average Bonchev–Trinajstić information content (AvgIpc) is 2.55. The van der Waals surface area contributed by atoms with Gasteiger partial charge in [0.25, 0.3) is 0 Å². The van der Waals surface area contributed by atoms with E-state index >= 15 is 0 Å². The van der Waals surface area contributed by atoms with Gasteiger partial charge < -0.3 is 14.8 Å². The van der Waals surface area contributed by atoms with Gasteiger partial charge in [-0.2, -0.15) is 0 Å². The van der Waals surface area contributed by atoms with Crippen LogP contribution in [0.4, 0.5) is 5.69 Å². The number of carbonyl (C=O) groups is 1. The lowest BCUT2D eigenvalue weighted by Gasteiger charge is -2.18. The van der Waals surface area contributed by atoms with Crippen LogP contribution in [0.15, 0.2) is 48.5 Å². The molecule has 0 spiro atoms. The van der Waals surface area contributed by atoms with E-state index in [1.54, 1.807) is 18.2 Å². The van der Waals surface area contributed by atoms with E-state index in [2.05, 4.69) is 5.32 Å². The molecule has 22 heavy (non-hydrogen) atoms. The van der Waals surface area contributed by atoms with E-state index in [9.17, 15) is 4.79 Å². The summed E-state index contributed by atoms with van der Waals surface area (Å²) < 4.78 is 11.0. The van der Waals surface area contributed by atoms with Crippen LogP contribution in [0.25, 0.3) is 6.08 Å². The predicted molar refractivity (Wildman–Crippen MR) is 86.5 cm³/mol. The van der Waals surface area contributed by atoms with Gasteiger partial charge in [0.1, 0.15) is 13.2 Å². The van der Waals surface area contributed by atoms with Crippen molar-refractivity contribution in [3.8, 4) is 11.5 Å². The molecule has 2 aromatic carbocycles. The Balaban J connectivity index is 1.68. The summed E-state index contributed by atoms with van der Waals surface area (Å²) in [5.41, 5.74) is 1.44. The molecule has 0 fully saturated rings.